The lowest BCUT2D eigenvalue weighted by molar-refractivity contribution is -0.131. The van der Waals surface area contributed by atoms with Crippen LogP contribution in [0.5, 0.6) is 0 Å². The van der Waals surface area contributed by atoms with Gasteiger partial charge in [-0.25, -0.2) is 0 Å². The van der Waals surface area contributed by atoms with E-state index < -0.39 is 6.10 Å². The van der Waals surface area contributed by atoms with E-state index in [4.69, 9.17) is 16.4 Å². The SMILES string of the molecule is CC(C)NC(=O)C1CC(c2ccccc2Cl)=NO1. The molecular weight excluding hydrogens is 252 g/mol. The summed E-state index contributed by atoms with van der Waals surface area (Å²) < 4.78 is 0. The predicted octanol–water partition coefficient (Wildman–Crippen LogP) is 2.36. The molecule has 0 fully saturated rings. The molecule has 1 N–H and O–H groups in total. The van der Waals surface area contributed by atoms with Crippen molar-refractivity contribution in [2.75, 3.05) is 0 Å². The molecule has 96 valence electrons. The van der Waals surface area contributed by atoms with Crippen molar-refractivity contribution < 1.29 is 9.63 Å². The molecule has 1 aliphatic heterocycles. The normalized spacial score (nSPS) is 18.4. The van der Waals surface area contributed by atoms with Gasteiger partial charge in [-0.1, -0.05) is 35.0 Å². The summed E-state index contributed by atoms with van der Waals surface area (Å²) in [6.07, 6.45) is -0.110. The first kappa shape index (κ1) is 12.9. The fraction of sp³-hybridized carbons (Fsp3) is 0.385. The van der Waals surface area contributed by atoms with Gasteiger partial charge in [-0.05, 0) is 19.9 Å². The van der Waals surface area contributed by atoms with Crippen LogP contribution in [-0.4, -0.2) is 23.8 Å². The smallest absolute Gasteiger partial charge is 0.264 e. The zero-order valence-electron chi connectivity index (χ0n) is 10.3. The number of oxime groups is 1. The Labute approximate surface area is 111 Å². The lowest BCUT2D eigenvalue weighted by Gasteiger charge is -2.11. The molecule has 4 nitrogen and oxygen atoms in total. The lowest BCUT2D eigenvalue weighted by atomic mass is 10.0. The molecule has 1 aromatic carbocycles. The summed E-state index contributed by atoms with van der Waals surface area (Å²) >= 11 is 6.08. The van der Waals surface area contributed by atoms with Gasteiger partial charge in [0.05, 0.1) is 5.71 Å². The zero-order chi connectivity index (χ0) is 13.1. The molecule has 0 aromatic heterocycles. The van der Waals surface area contributed by atoms with Gasteiger partial charge >= 0.3 is 0 Å². The Morgan fingerprint density at radius 2 is 2.22 bits per heavy atom. The number of hydrogen-bond donors (Lipinski definition) is 1. The number of halogens is 1. The molecule has 0 radical (unpaired) electrons. The average Bonchev–Trinajstić information content (AvgIpc) is 2.78. The van der Waals surface area contributed by atoms with Crippen LogP contribution in [0.3, 0.4) is 0 Å². The number of nitrogens with zero attached hydrogens (tertiary/aromatic N) is 1. The van der Waals surface area contributed by atoms with Gasteiger partial charge in [-0.2, -0.15) is 0 Å². The van der Waals surface area contributed by atoms with Gasteiger partial charge in [-0.3, -0.25) is 4.79 Å². The van der Waals surface area contributed by atoms with Crippen LogP contribution in [-0.2, 0) is 9.63 Å². The predicted molar refractivity (Wildman–Crippen MR) is 70.8 cm³/mol. The summed E-state index contributed by atoms with van der Waals surface area (Å²) in [6.45, 7) is 3.81. The van der Waals surface area contributed by atoms with Crippen molar-refractivity contribution in [2.24, 2.45) is 5.16 Å². The number of amides is 1. The minimum Gasteiger partial charge on any atom is -0.382 e. The van der Waals surface area contributed by atoms with Crippen LogP contribution in [0.25, 0.3) is 0 Å². The Hall–Kier alpha value is -1.55. The first-order valence-corrected chi connectivity index (χ1v) is 6.23. The molecule has 5 heteroatoms. The van der Waals surface area contributed by atoms with E-state index >= 15 is 0 Å². The molecule has 0 aliphatic carbocycles. The number of nitrogens with one attached hydrogen (secondary N) is 1. The maximum absolute atomic E-state index is 11.8. The third kappa shape index (κ3) is 2.82. The standard InChI is InChI=1S/C13H15ClN2O2/c1-8(2)15-13(17)12-7-11(16-18-12)9-5-3-4-6-10(9)14/h3-6,8,12H,7H2,1-2H3,(H,15,17). The molecular formula is C13H15ClN2O2. The molecule has 1 unspecified atom stereocenters. The quantitative estimate of drug-likeness (QED) is 0.913. The van der Waals surface area contributed by atoms with Crippen LogP contribution in [0, 0.1) is 0 Å². The monoisotopic (exact) mass is 266 g/mol. The third-order valence-electron chi connectivity index (χ3n) is 2.58. The van der Waals surface area contributed by atoms with E-state index in [2.05, 4.69) is 10.5 Å². The van der Waals surface area contributed by atoms with E-state index in [9.17, 15) is 4.79 Å². The molecule has 1 amide bonds. The summed E-state index contributed by atoms with van der Waals surface area (Å²) in [5.74, 6) is -0.143. The Kier molecular flexibility index (Phi) is 3.87. The van der Waals surface area contributed by atoms with Crippen LogP contribution >= 0.6 is 11.6 Å². The molecule has 1 heterocycles. The van der Waals surface area contributed by atoms with Gasteiger partial charge in [0.25, 0.3) is 5.91 Å². The fourth-order valence-corrected chi connectivity index (χ4v) is 1.99. The van der Waals surface area contributed by atoms with E-state index in [1.165, 1.54) is 0 Å². The van der Waals surface area contributed by atoms with Gasteiger partial charge in [0.1, 0.15) is 0 Å². The second-order valence-electron chi connectivity index (χ2n) is 4.48. The number of carbonyl (C=O) groups excluding carboxylic acids is 1. The highest BCUT2D eigenvalue weighted by Crippen LogP contribution is 2.22. The number of hydrogen-bond acceptors (Lipinski definition) is 3. The maximum atomic E-state index is 11.8. The Bertz CT molecular complexity index is 486. The van der Waals surface area contributed by atoms with Gasteiger partial charge in [0, 0.05) is 23.0 Å². The van der Waals surface area contributed by atoms with Crippen molar-refractivity contribution in [1.29, 1.82) is 0 Å². The first-order chi connectivity index (χ1) is 8.58. The maximum Gasteiger partial charge on any atom is 0.264 e. The van der Waals surface area contributed by atoms with Gasteiger partial charge < -0.3 is 10.2 Å². The molecule has 2 rings (SSSR count). The minimum atomic E-state index is -0.557. The van der Waals surface area contributed by atoms with Crippen molar-refractivity contribution in [1.82, 2.24) is 5.32 Å². The number of benzene rings is 1. The van der Waals surface area contributed by atoms with Crippen LogP contribution in [0.4, 0.5) is 0 Å². The summed E-state index contributed by atoms with van der Waals surface area (Å²) in [5, 5.41) is 7.36. The molecule has 1 atom stereocenters. The Morgan fingerprint density at radius 1 is 1.50 bits per heavy atom. The summed E-state index contributed by atoms with van der Waals surface area (Å²) in [6, 6.07) is 7.48. The van der Waals surface area contributed by atoms with E-state index in [0.29, 0.717) is 17.2 Å². The molecule has 0 saturated carbocycles. The zero-order valence-corrected chi connectivity index (χ0v) is 11.1. The van der Waals surface area contributed by atoms with Crippen LogP contribution in [0.15, 0.2) is 29.4 Å². The highest BCUT2D eigenvalue weighted by atomic mass is 35.5. The topological polar surface area (TPSA) is 50.7 Å². The van der Waals surface area contributed by atoms with Crippen molar-refractivity contribution in [3.8, 4) is 0 Å². The Morgan fingerprint density at radius 3 is 2.89 bits per heavy atom. The summed E-state index contributed by atoms with van der Waals surface area (Å²) in [5.41, 5.74) is 1.53. The van der Waals surface area contributed by atoms with Crippen molar-refractivity contribution in [3.63, 3.8) is 0 Å². The number of rotatable bonds is 3. The van der Waals surface area contributed by atoms with E-state index in [-0.39, 0.29) is 11.9 Å². The van der Waals surface area contributed by atoms with Crippen LogP contribution < -0.4 is 5.32 Å². The molecule has 18 heavy (non-hydrogen) atoms. The minimum absolute atomic E-state index is 0.0884. The Balaban J connectivity index is 2.04. The van der Waals surface area contributed by atoms with Crippen LogP contribution in [0.2, 0.25) is 5.02 Å². The first-order valence-electron chi connectivity index (χ1n) is 5.86. The van der Waals surface area contributed by atoms with Gasteiger partial charge in [0.15, 0.2) is 0 Å². The van der Waals surface area contributed by atoms with E-state index in [1.54, 1.807) is 6.07 Å². The molecule has 1 aliphatic rings. The largest absolute Gasteiger partial charge is 0.382 e. The van der Waals surface area contributed by atoms with Crippen molar-refractivity contribution in [3.05, 3.63) is 34.9 Å². The number of carbonyl (C=O) groups is 1. The highest BCUT2D eigenvalue weighted by molar-refractivity contribution is 6.34. The van der Waals surface area contributed by atoms with Crippen LogP contribution in [0.1, 0.15) is 25.8 Å². The molecule has 1 aromatic rings. The second kappa shape index (κ2) is 5.40. The summed E-state index contributed by atoms with van der Waals surface area (Å²) in [4.78, 5) is 16.9. The van der Waals surface area contributed by atoms with Gasteiger partial charge in [-0.15, -0.1) is 0 Å². The highest BCUT2D eigenvalue weighted by Gasteiger charge is 2.29. The molecule has 0 bridgehead atoms. The molecule has 0 spiro atoms. The van der Waals surface area contributed by atoms with Gasteiger partial charge in [0.2, 0.25) is 6.10 Å². The third-order valence-corrected chi connectivity index (χ3v) is 2.91. The molecule has 0 saturated heterocycles. The second-order valence-corrected chi connectivity index (χ2v) is 4.89. The van der Waals surface area contributed by atoms with Crippen molar-refractivity contribution >= 4 is 23.2 Å². The van der Waals surface area contributed by atoms with Crippen molar-refractivity contribution in [2.45, 2.75) is 32.4 Å². The van der Waals surface area contributed by atoms with E-state index in [0.717, 1.165) is 5.56 Å². The average molecular weight is 267 g/mol. The lowest BCUT2D eigenvalue weighted by Crippen LogP contribution is -2.38. The summed E-state index contributed by atoms with van der Waals surface area (Å²) in [7, 11) is 0. The fourth-order valence-electron chi connectivity index (χ4n) is 1.75. The van der Waals surface area contributed by atoms with E-state index in [1.807, 2.05) is 32.0 Å².